The first kappa shape index (κ1) is 49.3. The molecule has 358 valence electrons. The molecule has 1 fully saturated rings. The van der Waals surface area contributed by atoms with Crippen molar-refractivity contribution in [2.24, 2.45) is 5.41 Å². The zero-order valence-corrected chi connectivity index (χ0v) is 39.8. The zero-order chi connectivity index (χ0) is 48.9. The molecule has 0 radical (unpaired) electrons. The maximum atomic E-state index is 15.5. The molecule has 4 heterocycles. The Bertz CT molecular complexity index is 2930. The van der Waals surface area contributed by atoms with Gasteiger partial charge < -0.3 is 30.4 Å². The molecule has 7 rings (SSSR count). The van der Waals surface area contributed by atoms with Gasteiger partial charge in [-0.2, -0.15) is 0 Å². The third kappa shape index (κ3) is 11.4. The number of halogens is 2. The fourth-order valence-corrected chi connectivity index (χ4v) is 9.93. The van der Waals surface area contributed by atoms with Gasteiger partial charge in [-0.1, -0.05) is 64.1 Å². The van der Waals surface area contributed by atoms with Crippen molar-refractivity contribution < 1.29 is 46.2 Å². The molecule has 1 saturated heterocycles. The van der Waals surface area contributed by atoms with E-state index in [1.807, 2.05) is 52.0 Å². The quantitative estimate of drug-likeness (QED) is 0.0429. The third-order valence-electron chi connectivity index (χ3n) is 11.5. The van der Waals surface area contributed by atoms with E-state index in [9.17, 15) is 37.1 Å². The SMILES string of the molecule is CCCS(=O)(=O)Nc1ccc(F)c(C(=O)c2c[nH]c3ncc(-c4ccc(OCCCC(=O)NC(C(=O)N5CC(O)CC5C(=O)NCc5ccc(-c6scnc6C)cc5)C(C)(C)C)cc4)cc23)c1F. The Labute approximate surface area is 396 Å². The summed E-state index contributed by atoms with van der Waals surface area (Å²) in [5, 5.41) is 16.7. The lowest BCUT2D eigenvalue weighted by atomic mass is 9.85. The highest BCUT2D eigenvalue weighted by Crippen LogP contribution is 2.32. The number of rotatable bonds is 18. The van der Waals surface area contributed by atoms with Crippen molar-refractivity contribution in [3.05, 3.63) is 119 Å². The van der Waals surface area contributed by atoms with Crippen molar-refractivity contribution in [1.29, 1.82) is 0 Å². The molecule has 1 aliphatic heterocycles. The molecule has 3 amide bonds. The Morgan fingerprint density at radius 1 is 1.00 bits per heavy atom. The van der Waals surface area contributed by atoms with E-state index in [1.165, 1.54) is 11.1 Å². The van der Waals surface area contributed by atoms with Crippen LogP contribution in [0.5, 0.6) is 5.75 Å². The summed E-state index contributed by atoms with van der Waals surface area (Å²) in [5.74, 6) is -4.51. The number of aryl methyl sites for hydroxylation is 1. The molecule has 0 spiro atoms. The zero-order valence-electron chi connectivity index (χ0n) is 38.2. The number of anilines is 1. The number of thiazole rings is 1. The number of likely N-dealkylation sites (tertiary alicyclic amines) is 1. The van der Waals surface area contributed by atoms with Gasteiger partial charge in [0.2, 0.25) is 33.5 Å². The number of nitrogens with zero attached hydrogens (tertiary/aromatic N) is 3. The summed E-state index contributed by atoms with van der Waals surface area (Å²) in [6, 6.07) is 16.3. The van der Waals surface area contributed by atoms with Crippen LogP contribution in [0.1, 0.15) is 80.6 Å². The Balaban J connectivity index is 0.923. The Kier molecular flexibility index (Phi) is 15.1. The number of fused-ring (bicyclic) bond motifs is 1. The number of hydrogen-bond acceptors (Lipinski definition) is 11. The van der Waals surface area contributed by atoms with E-state index < -0.39 is 74.1 Å². The molecule has 6 aromatic rings. The van der Waals surface area contributed by atoms with Crippen LogP contribution in [-0.2, 0) is 31.0 Å². The van der Waals surface area contributed by atoms with E-state index in [0.717, 1.165) is 33.8 Å². The van der Waals surface area contributed by atoms with E-state index in [2.05, 4.69) is 30.3 Å². The van der Waals surface area contributed by atoms with Crippen LogP contribution >= 0.6 is 11.3 Å². The number of benzene rings is 3. The van der Waals surface area contributed by atoms with Crippen molar-refractivity contribution in [1.82, 2.24) is 30.5 Å². The number of sulfonamides is 1. The van der Waals surface area contributed by atoms with Crippen molar-refractivity contribution in [2.75, 3.05) is 23.6 Å². The largest absolute Gasteiger partial charge is 0.494 e. The Morgan fingerprint density at radius 3 is 2.40 bits per heavy atom. The van der Waals surface area contributed by atoms with Gasteiger partial charge in [0, 0.05) is 54.8 Å². The number of ketones is 1. The van der Waals surface area contributed by atoms with Crippen LogP contribution in [0.25, 0.3) is 32.6 Å². The first-order valence-electron chi connectivity index (χ1n) is 22.1. The van der Waals surface area contributed by atoms with E-state index in [1.54, 1.807) is 60.3 Å². The number of amides is 3. The second-order valence-corrected chi connectivity index (χ2v) is 20.5. The molecule has 68 heavy (non-hydrogen) atoms. The van der Waals surface area contributed by atoms with E-state index in [-0.39, 0.29) is 61.6 Å². The molecule has 3 unspecified atom stereocenters. The highest BCUT2D eigenvalue weighted by Gasteiger charge is 2.44. The maximum absolute atomic E-state index is 15.5. The van der Waals surface area contributed by atoms with E-state index in [0.29, 0.717) is 28.9 Å². The average molecular weight is 970 g/mol. The van der Waals surface area contributed by atoms with Crippen LogP contribution in [0.15, 0.2) is 84.6 Å². The first-order chi connectivity index (χ1) is 32.3. The lowest BCUT2D eigenvalue weighted by Gasteiger charge is -2.35. The van der Waals surface area contributed by atoms with Gasteiger partial charge in [0.1, 0.15) is 29.3 Å². The van der Waals surface area contributed by atoms with Crippen LogP contribution < -0.4 is 20.1 Å². The monoisotopic (exact) mass is 969 g/mol. The molecule has 1 aliphatic rings. The number of aromatic nitrogens is 3. The molecule has 5 N–H and O–H groups in total. The van der Waals surface area contributed by atoms with Gasteiger partial charge in [-0.05, 0) is 72.2 Å². The van der Waals surface area contributed by atoms with Crippen LogP contribution in [0.4, 0.5) is 14.5 Å². The fourth-order valence-electron chi connectivity index (χ4n) is 7.99. The number of hydrogen-bond donors (Lipinski definition) is 5. The number of aliphatic hydroxyl groups excluding tert-OH is 1. The number of H-pyrrole nitrogens is 1. The molecule has 3 aromatic heterocycles. The number of aliphatic hydroxyl groups is 1. The minimum absolute atomic E-state index is 0.0427. The molecule has 19 heteroatoms. The number of carbonyl (C=O) groups excluding carboxylic acids is 4. The lowest BCUT2D eigenvalue weighted by Crippen LogP contribution is -2.57. The second kappa shape index (κ2) is 20.7. The van der Waals surface area contributed by atoms with Gasteiger partial charge in [0.05, 0.1) is 45.8 Å². The van der Waals surface area contributed by atoms with Crippen molar-refractivity contribution in [2.45, 2.75) is 85.0 Å². The normalized spacial score (nSPS) is 15.6. The number of nitrogens with one attached hydrogen (secondary N) is 4. The summed E-state index contributed by atoms with van der Waals surface area (Å²) >= 11 is 1.56. The Hall–Kier alpha value is -6.57. The average Bonchev–Trinajstić information content (AvgIpc) is 4.04. The summed E-state index contributed by atoms with van der Waals surface area (Å²) in [4.78, 5) is 68.4. The van der Waals surface area contributed by atoms with Crippen molar-refractivity contribution in [3.8, 4) is 27.3 Å². The Morgan fingerprint density at radius 2 is 1.72 bits per heavy atom. The van der Waals surface area contributed by atoms with Crippen LogP contribution in [-0.4, -0.2) is 94.0 Å². The molecule has 15 nitrogen and oxygen atoms in total. The highest BCUT2D eigenvalue weighted by molar-refractivity contribution is 7.92. The fraction of sp³-hybridized carbons (Fsp3) is 0.347. The van der Waals surface area contributed by atoms with Gasteiger partial charge in [-0.3, -0.25) is 23.9 Å². The van der Waals surface area contributed by atoms with Gasteiger partial charge in [-0.25, -0.2) is 27.2 Å². The third-order valence-corrected chi connectivity index (χ3v) is 14.0. The summed E-state index contributed by atoms with van der Waals surface area (Å²) in [6.07, 6.45) is 2.65. The van der Waals surface area contributed by atoms with E-state index >= 15 is 4.39 Å². The number of ether oxygens (including phenoxy) is 1. The minimum Gasteiger partial charge on any atom is -0.494 e. The number of carbonyl (C=O) groups is 4. The lowest BCUT2D eigenvalue weighted by molar-refractivity contribution is -0.144. The number of pyridine rings is 1. The van der Waals surface area contributed by atoms with Gasteiger partial charge >= 0.3 is 0 Å². The van der Waals surface area contributed by atoms with E-state index in [4.69, 9.17) is 4.74 Å². The van der Waals surface area contributed by atoms with Gasteiger partial charge in [-0.15, -0.1) is 11.3 Å². The predicted octanol–water partition coefficient (Wildman–Crippen LogP) is 7.29. The van der Waals surface area contributed by atoms with Gasteiger partial charge in [0.15, 0.2) is 5.82 Å². The minimum atomic E-state index is -3.92. The first-order valence-corrected chi connectivity index (χ1v) is 24.6. The number of aromatic amines is 1. The molecule has 3 atom stereocenters. The summed E-state index contributed by atoms with van der Waals surface area (Å²) < 4.78 is 63.1. The smallest absolute Gasteiger partial charge is 0.246 e. The van der Waals surface area contributed by atoms with Crippen LogP contribution in [0.2, 0.25) is 0 Å². The second-order valence-electron chi connectivity index (χ2n) is 17.8. The summed E-state index contributed by atoms with van der Waals surface area (Å²) in [6.45, 7) is 9.41. The molecule has 0 bridgehead atoms. The molecule has 3 aromatic carbocycles. The predicted molar refractivity (Wildman–Crippen MR) is 255 cm³/mol. The number of β-amino-alcohol motifs (C(OH)–C–C–N with tert-alkyl or cyclic N) is 1. The van der Waals surface area contributed by atoms with Crippen LogP contribution in [0.3, 0.4) is 0 Å². The maximum Gasteiger partial charge on any atom is 0.246 e. The standard InChI is InChI=1S/C49H53F2N7O8S2/c1-6-20-68(64,65)57-38-18-17-37(50)41(42(38)51)43(61)36-25-53-46-35(36)21-32(24-52-46)30-13-15-34(16-14-30)66-19-7-8-40(60)56-45(49(3,4)5)48(63)58-26-33(59)22-39(58)47(62)54-23-29-9-11-31(12-10-29)44-28(2)55-27-67-44/h9-18,21,24-25,27,33,39,45,57,59H,6-8,19-20,22-23,26H2,1-5H3,(H,52,53)(H,54,62)(H,56,60). The highest BCUT2D eigenvalue weighted by atomic mass is 32.2. The molecule has 0 aliphatic carbocycles. The summed E-state index contributed by atoms with van der Waals surface area (Å²) in [7, 11) is -3.92. The molecule has 0 saturated carbocycles. The molecular formula is C49H53F2N7O8S2. The van der Waals surface area contributed by atoms with Gasteiger partial charge in [0.25, 0.3) is 0 Å². The van der Waals surface area contributed by atoms with Crippen LogP contribution in [0, 0.1) is 24.0 Å². The van der Waals surface area contributed by atoms with Crippen molar-refractivity contribution >= 4 is 61.6 Å². The van der Waals surface area contributed by atoms with Crippen molar-refractivity contribution in [3.63, 3.8) is 0 Å². The summed E-state index contributed by atoms with van der Waals surface area (Å²) in [5.41, 5.74) is 3.96. The topological polar surface area (TPSA) is 213 Å². The molecular weight excluding hydrogens is 917 g/mol.